The molecule has 0 radical (unpaired) electrons. The summed E-state index contributed by atoms with van der Waals surface area (Å²) in [7, 11) is 0. The van der Waals surface area contributed by atoms with Crippen molar-refractivity contribution in [3.63, 3.8) is 0 Å². The van der Waals surface area contributed by atoms with Crippen LogP contribution in [-0.4, -0.2) is 35.1 Å². The quantitative estimate of drug-likeness (QED) is 0.815. The Morgan fingerprint density at radius 1 is 1.30 bits per heavy atom. The van der Waals surface area contributed by atoms with E-state index in [1.54, 1.807) is 0 Å². The van der Waals surface area contributed by atoms with Crippen LogP contribution >= 0.6 is 11.6 Å². The Balaban J connectivity index is 1.66. The first-order chi connectivity index (χ1) is 10.8. The Bertz CT molecular complexity index is 601. The number of benzene rings is 1. The van der Waals surface area contributed by atoms with Crippen LogP contribution in [0.2, 0.25) is 5.02 Å². The molecule has 2 aliphatic heterocycles. The summed E-state index contributed by atoms with van der Waals surface area (Å²) >= 11 is 6.18. The Labute approximate surface area is 144 Å². The fourth-order valence-electron chi connectivity index (χ4n) is 3.99. The number of ether oxygens (including phenoxy) is 1. The molecule has 0 saturated carbocycles. The van der Waals surface area contributed by atoms with E-state index in [9.17, 15) is 4.79 Å². The van der Waals surface area contributed by atoms with E-state index in [2.05, 4.69) is 20.8 Å². The third kappa shape index (κ3) is 3.56. The zero-order valence-electron chi connectivity index (χ0n) is 14.3. The molecule has 1 amide bonds. The van der Waals surface area contributed by atoms with Gasteiger partial charge in [0.1, 0.15) is 0 Å². The van der Waals surface area contributed by atoms with E-state index in [0.29, 0.717) is 17.4 Å². The molecule has 0 spiro atoms. The highest BCUT2D eigenvalue weighted by Crippen LogP contribution is 2.43. The van der Waals surface area contributed by atoms with Crippen LogP contribution in [0.1, 0.15) is 45.6 Å². The van der Waals surface area contributed by atoms with Crippen LogP contribution in [0.15, 0.2) is 24.3 Å². The predicted molar refractivity (Wildman–Crippen MR) is 92.6 cm³/mol. The molecule has 3 nitrogen and oxygen atoms in total. The molecule has 2 fully saturated rings. The number of hydrogen-bond acceptors (Lipinski definition) is 2. The van der Waals surface area contributed by atoms with Crippen LogP contribution < -0.4 is 0 Å². The standard InChI is InChI=1S/C19H26ClNO2/c1-18(2)9-8-15-13-21(11-10-19(15,3)23-18)17(22)12-14-6-4-5-7-16(14)20/h4-7,15H,8-13H2,1-3H3/t15-,19+/m0/s1. The minimum absolute atomic E-state index is 0.0466. The summed E-state index contributed by atoms with van der Waals surface area (Å²) in [5, 5.41) is 0.672. The first kappa shape index (κ1) is 16.8. The lowest BCUT2D eigenvalue weighted by molar-refractivity contribution is -0.214. The molecule has 0 unspecified atom stereocenters. The van der Waals surface area contributed by atoms with Gasteiger partial charge in [-0.15, -0.1) is 0 Å². The SMILES string of the molecule is CC1(C)CC[C@H]2CN(C(=O)Cc3ccccc3Cl)CC[C@@]2(C)O1. The van der Waals surface area contributed by atoms with E-state index in [1.165, 1.54) is 0 Å². The second-order valence-electron chi connectivity index (χ2n) is 7.77. The molecule has 3 rings (SSSR count). The third-order valence-corrected chi connectivity index (χ3v) is 5.81. The van der Waals surface area contributed by atoms with E-state index in [4.69, 9.17) is 16.3 Å². The summed E-state index contributed by atoms with van der Waals surface area (Å²) in [6.07, 6.45) is 3.48. The molecule has 2 atom stereocenters. The lowest BCUT2D eigenvalue weighted by Gasteiger charge is -2.53. The van der Waals surface area contributed by atoms with Crippen LogP contribution in [0.5, 0.6) is 0 Å². The maximum absolute atomic E-state index is 12.7. The number of hydrogen-bond donors (Lipinski definition) is 0. The van der Waals surface area contributed by atoms with Crippen LogP contribution in [0, 0.1) is 5.92 Å². The molecule has 0 aromatic heterocycles. The van der Waals surface area contributed by atoms with Crippen LogP contribution in [-0.2, 0) is 16.0 Å². The van der Waals surface area contributed by atoms with Gasteiger partial charge in [-0.2, -0.15) is 0 Å². The van der Waals surface area contributed by atoms with E-state index in [-0.39, 0.29) is 17.1 Å². The number of halogens is 1. The number of nitrogens with zero attached hydrogens (tertiary/aromatic N) is 1. The summed E-state index contributed by atoms with van der Waals surface area (Å²) in [6.45, 7) is 8.13. The van der Waals surface area contributed by atoms with Crippen molar-refractivity contribution in [2.45, 2.75) is 57.7 Å². The highest BCUT2D eigenvalue weighted by atomic mass is 35.5. The molecular weight excluding hydrogens is 310 g/mol. The summed E-state index contributed by atoms with van der Waals surface area (Å²) in [4.78, 5) is 14.6. The normalized spacial score (nSPS) is 29.9. The van der Waals surface area contributed by atoms with Crippen molar-refractivity contribution >= 4 is 17.5 Å². The Hall–Kier alpha value is -1.06. The first-order valence-corrected chi connectivity index (χ1v) is 8.88. The Morgan fingerprint density at radius 2 is 2.04 bits per heavy atom. The van der Waals surface area contributed by atoms with Gasteiger partial charge >= 0.3 is 0 Å². The predicted octanol–water partition coefficient (Wildman–Crippen LogP) is 4.08. The average Bonchev–Trinajstić information content (AvgIpc) is 2.47. The molecule has 2 heterocycles. The number of carbonyl (C=O) groups is 1. The van der Waals surface area contributed by atoms with Crippen LogP contribution in [0.3, 0.4) is 0 Å². The molecule has 2 saturated heterocycles. The molecular formula is C19H26ClNO2. The molecule has 4 heteroatoms. The van der Waals surface area contributed by atoms with Gasteiger partial charge in [-0.25, -0.2) is 0 Å². The zero-order valence-corrected chi connectivity index (χ0v) is 15.0. The van der Waals surface area contributed by atoms with Crippen molar-refractivity contribution in [2.24, 2.45) is 5.92 Å². The van der Waals surface area contributed by atoms with Crippen molar-refractivity contribution in [2.75, 3.05) is 13.1 Å². The highest BCUT2D eigenvalue weighted by molar-refractivity contribution is 6.31. The van der Waals surface area contributed by atoms with Gasteiger partial charge in [0.25, 0.3) is 0 Å². The lowest BCUT2D eigenvalue weighted by atomic mass is 9.74. The maximum Gasteiger partial charge on any atom is 0.227 e. The van der Waals surface area contributed by atoms with E-state index in [1.807, 2.05) is 29.2 Å². The Morgan fingerprint density at radius 3 is 2.78 bits per heavy atom. The van der Waals surface area contributed by atoms with Crippen molar-refractivity contribution in [1.82, 2.24) is 4.90 Å². The van der Waals surface area contributed by atoms with Gasteiger partial charge in [0.2, 0.25) is 5.91 Å². The third-order valence-electron chi connectivity index (χ3n) is 5.44. The van der Waals surface area contributed by atoms with E-state index >= 15 is 0 Å². The molecule has 1 aromatic carbocycles. The summed E-state index contributed by atoms with van der Waals surface area (Å²) in [6, 6.07) is 7.59. The minimum atomic E-state index is -0.0943. The Kier molecular flexibility index (Phi) is 4.45. The second-order valence-corrected chi connectivity index (χ2v) is 8.18. The summed E-state index contributed by atoms with van der Waals surface area (Å²) < 4.78 is 6.37. The first-order valence-electron chi connectivity index (χ1n) is 8.50. The lowest BCUT2D eigenvalue weighted by Crippen LogP contribution is -2.58. The number of likely N-dealkylation sites (tertiary alicyclic amines) is 1. The average molecular weight is 336 g/mol. The van der Waals surface area contributed by atoms with Gasteiger partial charge in [-0.05, 0) is 51.7 Å². The fourth-order valence-corrected chi connectivity index (χ4v) is 4.19. The molecule has 0 bridgehead atoms. The van der Waals surface area contributed by atoms with Crippen molar-refractivity contribution in [1.29, 1.82) is 0 Å². The van der Waals surface area contributed by atoms with Gasteiger partial charge in [-0.1, -0.05) is 29.8 Å². The zero-order chi connectivity index (χ0) is 16.7. The van der Waals surface area contributed by atoms with Gasteiger partial charge < -0.3 is 9.64 Å². The molecule has 2 aliphatic rings. The second kappa shape index (κ2) is 6.10. The van der Waals surface area contributed by atoms with E-state index in [0.717, 1.165) is 37.9 Å². The molecule has 126 valence electrons. The summed E-state index contributed by atoms with van der Waals surface area (Å²) in [5.74, 6) is 0.601. The van der Waals surface area contributed by atoms with Gasteiger partial charge in [0.15, 0.2) is 0 Å². The number of piperidine rings is 1. The smallest absolute Gasteiger partial charge is 0.227 e. The largest absolute Gasteiger partial charge is 0.369 e. The highest BCUT2D eigenvalue weighted by Gasteiger charge is 2.47. The van der Waals surface area contributed by atoms with Gasteiger partial charge in [0.05, 0.1) is 17.6 Å². The number of carbonyl (C=O) groups excluding carboxylic acids is 1. The number of fused-ring (bicyclic) bond motifs is 1. The summed E-state index contributed by atoms with van der Waals surface area (Å²) in [5.41, 5.74) is 0.770. The number of amides is 1. The monoisotopic (exact) mass is 335 g/mol. The topological polar surface area (TPSA) is 29.5 Å². The molecule has 0 aliphatic carbocycles. The number of rotatable bonds is 2. The maximum atomic E-state index is 12.7. The van der Waals surface area contributed by atoms with Crippen LogP contribution in [0.4, 0.5) is 0 Å². The van der Waals surface area contributed by atoms with Gasteiger partial charge in [0, 0.05) is 24.0 Å². The van der Waals surface area contributed by atoms with E-state index < -0.39 is 0 Å². The minimum Gasteiger partial charge on any atom is -0.369 e. The van der Waals surface area contributed by atoms with Crippen molar-refractivity contribution < 1.29 is 9.53 Å². The van der Waals surface area contributed by atoms with Crippen molar-refractivity contribution in [3.8, 4) is 0 Å². The molecule has 23 heavy (non-hydrogen) atoms. The fraction of sp³-hybridized carbons (Fsp3) is 0.632. The van der Waals surface area contributed by atoms with Gasteiger partial charge in [-0.3, -0.25) is 4.79 Å². The molecule has 1 aromatic rings. The van der Waals surface area contributed by atoms with Crippen LogP contribution in [0.25, 0.3) is 0 Å². The molecule has 0 N–H and O–H groups in total. The van der Waals surface area contributed by atoms with Crippen molar-refractivity contribution in [3.05, 3.63) is 34.9 Å².